The van der Waals surface area contributed by atoms with Crippen molar-refractivity contribution in [1.82, 2.24) is 4.72 Å². The number of hydrogen-bond acceptors (Lipinski definition) is 5. The quantitative estimate of drug-likeness (QED) is 0.699. The minimum Gasteiger partial charge on any atom is -0.480 e. The molecule has 1 heterocycles. The molecule has 0 aliphatic carbocycles. The average Bonchev–Trinajstić information content (AvgIpc) is 2.81. The normalized spacial score (nSPS) is 12.7. The van der Waals surface area contributed by atoms with Gasteiger partial charge in [-0.05, 0) is 53.5 Å². The molecule has 5 nitrogen and oxygen atoms in total. The predicted octanol–water partition coefficient (Wildman–Crippen LogP) is 4.40. The number of benzene rings is 1. The summed E-state index contributed by atoms with van der Waals surface area (Å²) >= 11 is 15.8. The number of carbonyl (C=O) groups is 1. The fourth-order valence-electron chi connectivity index (χ4n) is 1.72. The molecule has 1 unspecified atom stereocenters. The van der Waals surface area contributed by atoms with Crippen LogP contribution in [-0.2, 0) is 14.8 Å². The van der Waals surface area contributed by atoms with Crippen LogP contribution in [0.5, 0.6) is 5.75 Å². The standard InChI is InChI=1S/C14H12BrCl2NO4S2/c1-7-3-4-10(9(15)5-7)22-8(2)14(19)18-24(20,21)11-6-12(16)23-13(11)17/h3-6,8H,1-2H3,(H,18,19). The maximum absolute atomic E-state index is 12.2. The van der Waals surface area contributed by atoms with Crippen LogP contribution >= 0.6 is 50.5 Å². The summed E-state index contributed by atoms with van der Waals surface area (Å²) in [6.07, 6.45) is -1.04. The molecule has 0 aliphatic heterocycles. The number of thiophene rings is 1. The Balaban J connectivity index is 2.12. The number of hydrogen-bond donors (Lipinski definition) is 1. The van der Waals surface area contributed by atoms with Crippen molar-refractivity contribution in [3.8, 4) is 5.75 Å². The Bertz CT molecular complexity index is 883. The van der Waals surface area contributed by atoms with Crippen molar-refractivity contribution in [3.63, 3.8) is 0 Å². The van der Waals surface area contributed by atoms with E-state index in [1.54, 1.807) is 6.07 Å². The molecule has 0 spiro atoms. The first-order valence-electron chi connectivity index (χ1n) is 6.54. The largest absolute Gasteiger partial charge is 0.480 e. The Labute approximate surface area is 162 Å². The Morgan fingerprint density at radius 2 is 2.00 bits per heavy atom. The van der Waals surface area contributed by atoms with Gasteiger partial charge >= 0.3 is 0 Å². The molecule has 1 N–H and O–H groups in total. The number of aryl methyl sites for hydroxylation is 1. The van der Waals surface area contributed by atoms with Crippen molar-refractivity contribution in [2.45, 2.75) is 24.8 Å². The molecule has 1 atom stereocenters. The molecule has 0 radical (unpaired) electrons. The second-order valence-corrected chi connectivity index (χ2v) is 9.64. The zero-order chi connectivity index (χ0) is 18.1. The van der Waals surface area contributed by atoms with Crippen LogP contribution < -0.4 is 9.46 Å². The fourth-order valence-corrected chi connectivity index (χ4v) is 5.50. The van der Waals surface area contributed by atoms with E-state index in [0.29, 0.717) is 10.2 Å². The molecule has 24 heavy (non-hydrogen) atoms. The molecule has 1 amide bonds. The zero-order valence-electron chi connectivity index (χ0n) is 12.5. The minimum atomic E-state index is -4.12. The summed E-state index contributed by atoms with van der Waals surface area (Å²) in [4.78, 5) is 11.9. The molecule has 0 fully saturated rings. The van der Waals surface area contributed by atoms with Crippen molar-refractivity contribution in [1.29, 1.82) is 0 Å². The molecule has 2 rings (SSSR count). The first kappa shape index (κ1) is 19.5. The van der Waals surface area contributed by atoms with Gasteiger partial charge in [0, 0.05) is 0 Å². The van der Waals surface area contributed by atoms with Crippen molar-refractivity contribution in [3.05, 3.63) is 43.0 Å². The van der Waals surface area contributed by atoms with Gasteiger partial charge in [-0.15, -0.1) is 11.3 Å². The lowest BCUT2D eigenvalue weighted by atomic mass is 10.2. The van der Waals surface area contributed by atoms with Crippen molar-refractivity contribution in [2.24, 2.45) is 0 Å². The van der Waals surface area contributed by atoms with E-state index < -0.39 is 22.0 Å². The third kappa shape index (κ3) is 4.64. The van der Waals surface area contributed by atoms with E-state index in [2.05, 4.69) is 15.9 Å². The molecule has 130 valence electrons. The third-order valence-corrected chi connectivity index (χ3v) is 6.63. The number of ether oxygens (including phenoxy) is 1. The smallest absolute Gasteiger partial charge is 0.274 e. The number of rotatable bonds is 5. The van der Waals surface area contributed by atoms with Crippen LogP contribution in [0.3, 0.4) is 0 Å². The highest BCUT2D eigenvalue weighted by Gasteiger charge is 2.26. The number of carbonyl (C=O) groups excluding carboxylic acids is 1. The number of halogens is 3. The monoisotopic (exact) mass is 471 g/mol. The summed E-state index contributed by atoms with van der Waals surface area (Å²) in [5.74, 6) is -0.391. The highest BCUT2D eigenvalue weighted by atomic mass is 79.9. The molecule has 0 bridgehead atoms. The zero-order valence-corrected chi connectivity index (χ0v) is 17.2. The van der Waals surface area contributed by atoms with Crippen molar-refractivity contribution >= 4 is 66.4 Å². The van der Waals surface area contributed by atoms with Gasteiger partial charge in [0.25, 0.3) is 15.9 Å². The molecule has 1 aromatic heterocycles. The van der Waals surface area contributed by atoms with Crippen LogP contribution in [0.4, 0.5) is 0 Å². The van der Waals surface area contributed by atoms with Crippen LogP contribution in [0.15, 0.2) is 33.6 Å². The van der Waals surface area contributed by atoms with Gasteiger partial charge in [0.15, 0.2) is 6.10 Å². The second-order valence-electron chi connectivity index (χ2n) is 4.85. The Morgan fingerprint density at radius 1 is 1.33 bits per heavy atom. The van der Waals surface area contributed by atoms with E-state index >= 15 is 0 Å². The van der Waals surface area contributed by atoms with E-state index in [-0.39, 0.29) is 13.6 Å². The maximum Gasteiger partial charge on any atom is 0.274 e. The molecular formula is C14H12BrCl2NO4S2. The number of nitrogens with one attached hydrogen (secondary N) is 1. The highest BCUT2D eigenvalue weighted by molar-refractivity contribution is 9.10. The van der Waals surface area contributed by atoms with Crippen molar-refractivity contribution in [2.75, 3.05) is 0 Å². The van der Waals surface area contributed by atoms with E-state index in [9.17, 15) is 13.2 Å². The molecule has 0 aliphatic rings. The second kappa shape index (κ2) is 7.61. The van der Waals surface area contributed by atoms with Gasteiger partial charge in [-0.25, -0.2) is 13.1 Å². The highest BCUT2D eigenvalue weighted by Crippen LogP contribution is 2.34. The first-order chi connectivity index (χ1) is 11.1. The van der Waals surface area contributed by atoms with Gasteiger partial charge in [-0.1, -0.05) is 29.3 Å². The molecule has 1 aromatic carbocycles. The van der Waals surface area contributed by atoms with E-state index in [0.717, 1.165) is 16.9 Å². The van der Waals surface area contributed by atoms with E-state index in [4.69, 9.17) is 27.9 Å². The molecule has 2 aromatic rings. The summed E-state index contributed by atoms with van der Waals surface area (Å²) in [5.41, 5.74) is 1.01. The number of sulfonamides is 1. The van der Waals surface area contributed by atoms with Crippen LogP contribution in [0.25, 0.3) is 0 Å². The van der Waals surface area contributed by atoms with Crippen LogP contribution in [0.1, 0.15) is 12.5 Å². The lowest BCUT2D eigenvalue weighted by Crippen LogP contribution is -2.40. The van der Waals surface area contributed by atoms with Crippen LogP contribution in [0.2, 0.25) is 8.67 Å². The lowest BCUT2D eigenvalue weighted by molar-refractivity contribution is -0.125. The molecule has 0 saturated carbocycles. The van der Waals surface area contributed by atoms with Gasteiger partial charge < -0.3 is 4.74 Å². The van der Waals surface area contributed by atoms with Crippen molar-refractivity contribution < 1.29 is 17.9 Å². The van der Waals surface area contributed by atoms with Gasteiger partial charge in [0.2, 0.25) is 0 Å². The summed E-state index contributed by atoms with van der Waals surface area (Å²) in [5, 5.41) is 0. The van der Waals surface area contributed by atoms with Crippen LogP contribution in [0, 0.1) is 6.92 Å². The van der Waals surface area contributed by atoms with E-state index in [1.165, 1.54) is 13.0 Å². The fraction of sp³-hybridized carbons (Fsp3) is 0.214. The van der Waals surface area contributed by atoms with Gasteiger partial charge in [-0.2, -0.15) is 0 Å². The van der Waals surface area contributed by atoms with Gasteiger partial charge in [0.05, 0.1) is 8.81 Å². The minimum absolute atomic E-state index is 0.0184. The predicted molar refractivity (Wildman–Crippen MR) is 98.6 cm³/mol. The Morgan fingerprint density at radius 3 is 2.54 bits per heavy atom. The SMILES string of the molecule is Cc1ccc(OC(C)C(=O)NS(=O)(=O)c2cc(Cl)sc2Cl)c(Br)c1. The molecule has 0 saturated heterocycles. The van der Waals surface area contributed by atoms with Gasteiger partial charge in [-0.3, -0.25) is 4.79 Å². The summed E-state index contributed by atoms with van der Waals surface area (Å²) in [6, 6.07) is 6.51. The Kier molecular flexibility index (Phi) is 6.19. The number of amides is 1. The maximum atomic E-state index is 12.2. The molecule has 10 heteroatoms. The van der Waals surface area contributed by atoms with E-state index in [1.807, 2.05) is 23.8 Å². The summed E-state index contributed by atoms with van der Waals surface area (Å²) in [6.45, 7) is 3.35. The lowest BCUT2D eigenvalue weighted by Gasteiger charge is -2.16. The summed E-state index contributed by atoms with van der Waals surface area (Å²) < 4.78 is 32.7. The first-order valence-corrected chi connectivity index (χ1v) is 10.4. The third-order valence-electron chi connectivity index (χ3n) is 2.91. The Hall–Kier alpha value is -0.800. The summed E-state index contributed by atoms with van der Waals surface area (Å²) in [7, 11) is -4.12. The average molecular weight is 473 g/mol. The molecular weight excluding hydrogens is 461 g/mol. The van der Waals surface area contributed by atoms with Gasteiger partial charge in [0.1, 0.15) is 15.0 Å². The topological polar surface area (TPSA) is 72.5 Å². The van der Waals surface area contributed by atoms with Crippen LogP contribution in [-0.4, -0.2) is 20.4 Å².